The summed E-state index contributed by atoms with van der Waals surface area (Å²) < 4.78 is 37.0. The highest BCUT2D eigenvalue weighted by atomic mass is 35.5. The Morgan fingerprint density at radius 3 is 2.60 bits per heavy atom. The number of nitrogens with zero attached hydrogens (tertiary/aromatic N) is 1. The minimum atomic E-state index is -4.40. The Balaban J connectivity index is 3.06. The summed E-state index contributed by atoms with van der Waals surface area (Å²) in [7, 11) is 0. The van der Waals surface area contributed by atoms with Crippen molar-refractivity contribution in [3.63, 3.8) is 0 Å². The molecule has 0 aromatic carbocycles. The van der Waals surface area contributed by atoms with E-state index >= 15 is 0 Å². The van der Waals surface area contributed by atoms with Crippen LogP contribution in [0.1, 0.15) is 18.1 Å². The fourth-order valence-corrected chi connectivity index (χ4v) is 1.32. The molecule has 1 aromatic rings. The summed E-state index contributed by atoms with van der Waals surface area (Å²) in [5, 5.41) is 0.0697. The summed E-state index contributed by atoms with van der Waals surface area (Å²) >= 11 is 5.66. The third-order valence-electron chi connectivity index (χ3n) is 1.78. The Labute approximate surface area is 90.3 Å². The van der Waals surface area contributed by atoms with Crippen molar-refractivity contribution in [1.29, 1.82) is 0 Å². The smallest absolute Gasteiger partial charge is 0.328 e. The molecular weight excluding hydrogens is 229 g/mol. The van der Waals surface area contributed by atoms with Gasteiger partial charge in [0.2, 0.25) is 0 Å². The van der Waals surface area contributed by atoms with E-state index in [9.17, 15) is 13.2 Å². The molecule has 0 saturated heterocycles. The summed E-state index contributed by atoms with van der Waals surface area (Å²) in [6.07, 6.45) is -3.41. The van der Waals surface area contributed by atoms with Crippen LogP contribution >= 0.6 is 11.6 Å². The molecule has 0 aliphatic heterocycles. The lowest BCUT2D eigenvalue weighted by atomic mass is 10.1. The van der Waals surface area contributed by atoms with Gasteiger partial charge in [-0.3, -0.25) is 0 Å². The summed E-state index contributed by atoms with van der Waals surface area (Å²) in [5.41, 5.74) is 5.00. The lowest BCUT2D eigenvalue weighted by Gasteiger charge is -2.11. The molecule has 6 heteroatoms. The van der Waals surface area contributed by atoms with Gasteiger partial charge in [0, 0.05) is 12.2 Å². The topological polar surface area (TPSA) is 38.9 Å². The molecule has 2 nitrogen and oxygen atoms in total. The number of rotatable bonds is 2. The second-order valence-corrected chi connectivity index (χ2v) is 3.71. The number of hydrogen-bond acceptors (Lipinski definition) is 2. The molecule has 84 valence electrons. The number of halogens is 4. The predicted molar refractivity (Wildman–Crippen MR) is 51.6 cm³/mol. The number of hydrogen-bond donors (Lipinski definition) is 1. The minimum absolute atomic E-state index is 0.0697. The third-order valence-corrected chi connectivity index (χ3v) is 2.12. The normalized spacial score (nSPS) is 14.0. The molecule has 0 saturated carbocycles. The Morgan fingerprint density at radius 1 is 1.53 bits per heavy atom. The van der Waals surface area contributed by atoms with Crippen molar-refractivity contribution in [3.8, 4) is 0 Å². The number of aromatic nitrogens is 1. The van der Waals surface area contributed by atoms with Crippen LogP contribution in [0.2, 0.25) is 5.15 Å². The molecular formula is C9H10ClF3N2. The Hall–Kier alpha value is -0.810. The standard InChI is InChI=1S/C9H10ClF3N2/c1-5(14)2-6-3-7(9(11,12)13)4-15-8(6)10/h3-5H,2,14H2,1H3/t5-/m1/s1. The van der Waals surface area contributed by atoms with E-state index in [1.54, 1.807) is 6.92 Å². The molecule has 0 aliphatic carbocycles. The fourth-order valence-electron chi connectivity index (χ4n) is 1.14. The third kappa shape index (κ3) is 3.35. The highest BCUT2D eigenvalue weighted by Crippen LogP contribution is 2.30. The molecule has 0 unspecified atom stereocenters. The highest BCUT2D eigenvalue weighted by molar-refractivity contribution is 6.30. The van der Waals surface area contributed by atoms with Gasteiger partial charge in [-0.05, 0) is 25.0 Å². The zero-order valence-corrected chi connectivity index (χ0v) is 8.73. The average molecular weight is 239 g/mol. The van der Waals surface area contributed by atoms with Gasteiger partial charge in [0.15, 0.2) is 0 Å². The predicted octanol–water partition coefficient (Wildman–Crippen LogP) is 2.64. The molecule has 0 bridgehead atoms. The Morgan fingerprint density at radius 2 is 2.13 bits per heavy atom. The van der Waals surface area contributed by atoms with Crippen LogP contribution in [0.4, 0.5) is 13.2 Å². The molecule has 0 aliphatic rings. The van der Waals surface area contributed by atoms with Gasteiger partial charge in [-0.25, -0.2) is 4.98 Å². The first kappa shape index (κ1) is 12.3. The van der Waals surface area contributed by atoms with Crippen LogP contribution in [0.5, 0.6) is 0 Å². The van der Waals surface area contributed by atoms with Crippen LogP contribution in [0, 0.1) is 0 Å². The van der Waals surface area contributed by atoms with E-state index in [4.69, 9.17) is 17.3 Å². The zero-order chi connectivity index (χ0) is 11.6. The van der Waals surface area contributed by atoms with Crippen LogP contribution in [0.25, 0.3) is 0 Å². The lowest BCUT2D eigenvalue weighted by Crippen LogP contribution is -2.19. The number of pyridine rings is 1. The average Bonchev–Trinajstić information content (AvgIpc) is 2.06. The fraction of sp³-hybridized carbons (Fsp3) is 0.444. The van der Waals surface area contributed by atoms with Crippen molar-refractivity contribution >= 4 is 11.6 Å². The zero-order valence-electron chi connectivity index (χ0n) is 7.98. The van der Waals surface area contributed by atoms with Gasteiger partial charge in [0.05, 0.1) is 5.56 Å². The molecule has 0 fully saturated rings. The van der Waals surface area contributed by atoms with E-state index in [-0.39, 0.29) is 17.6 Å². The van der Waals surface area contributed by atoms with E-state index < -0.39 is 11.7 Å². The molecule has 1 aromatic heterocycles. The summed E-state index contributed by atoms with van der Waals surface area (Å²) in [6.45, 7) is 1.69. The molecule has 1 atom stereocenters. The maximum absolute atomic E-state index is 12.3. The van der Waals surface area contributed by atoms with Gasteiger partial charge >= 0.3 is 6.18 Å². The second-order valence-electron chi connectivity index (χ2n) is 3.35. The van der Waals surface area contributed by atoms with Crippen molar-refractivity contribution in [3.05, 3.63) is 28.5 Å². The summed E-state index contributed by atoms with van der Waals surface area (Å²) in [5.74, 6) is 0. The van der Waals surface area contributed by atoms with Crippen LogP contribution in [-0.2, 0) is 12.6 Å². The van der Waals surface area contributed by atoms with E-state index in [1.165, 1.54) is 0 Å². The van der Waals surface area contributed by atoms with Crippen LogP contribution < -0.4 is 5.73 Å². The van der Waals surface area contributed by atoms with Crippen molar-refractivity contribution < 1.29 is 13.2 Å². The molecule has 0 spiro atoms. The van der Waals surface area contributed by atoms with Crippen LogP contribution in [0.15, 0.2) is 12.3 Å². The van der Waals surface area contributed by atoms with Crippen molar-refractivity contribution in [1.82, 2.24) is 4.98 Å². The number of nitrogens with two attached hydrogens (primary N) is 1. The first-order chi connectivity index (χ1) is 6.80. The largest absolute Gasteiger partial charge is 0.417 e. The monoisotopic (exact) mass is 238 g/mol. The van der Waals surface area contributed by atoms with Gasteiger partial charge in [-0.1, -0.05) is 11.6 Å². The van der Waals surface area contributed by atoms with Crippen molar-refractivity contribution in [2.24, 2.45) is 5.73 Å². The van der Waals surface area contributed by atoms with Crippen molar-refractivity contribution in [2.45, 2.75) is 25.6 Å². The van der Waals surface area contributed by atoms with Crippen LogP contribution in [0.3, 0.4) is 0 Å². The molecule has 0 radical (unpaired) electrons. The quantitative estimate of drug-likeness (QED) is 0.805. The van der Waals surface area contributed by atoms with E-state index in [1.807, 2.05) is 0 Å². The van der Waals surface area contributed by atoms with Crippen molar-refractivity contribution in [2.75, 3.05) is 0 Å². The Bertz CT molecular complexity index is 350. The summed E-state index contributed by atoms with van der Waals surface area (Å²) in [6, 6.07) is 0.728. The van der Waals surface area contributed by atoms with Crippen LogP contribution in [-0.4, -0.2) is 11.0 Å². The molecule has 2 N–H and O–H groups in total. The number of alkyl halides is 3. The first-order valence-electron chi connectivity index (χ1n) is 4.28. The maximum Gasteiger partial charge on any atom is 0.417 e. The van der Waals surface area contributed by atoms with Gasteiger partial charge < -0.3 is 5.73 Å². The van der Waals surface area contributed by atoms with E-state index in [0.29, 0.717) is 11.8 Å². The Kier molecular flexibility index (Phi) is 3.57. The van der Waals surface area contributed by atoms with E-state index in [2.05, 4.69) is 4.98 Å². The van der Waals surface area contributed by atoms with Gasteiger partial charge in [0.25, 0.3) is 0 Å². The SMILES string of the molecule is C[C@@H](N)Cc1cc(C(F)(F)F)cnc1Cl. The first-order valence-corrected chi connectivity index (χ1v) is 4.65. The minimum Gasteiger partial charge on any atom is -0.328 e. The molecule has 1 heterocycles. The highest BCUT2D eigenvalue weighted by Gasteiger charge is 2.31. The molecule has 15 heavy (non-hydrogen) atoms. The molecule has 0 amide bonds. The molecule has 1 rings (SSSR count). The summed E-state index contributed by atoms with van der Waals surface area (Å²) in [4.78, 5) is 3.49. The lowest BCUT2D eigenvalue weighted by molar-refractivity contribution is -0.137. The van der Waals surface area contributed by atoms with Gasteiger partial charge in [-0.15, -0.1) is 0 Å². The maximum atomic E-state index is 12.3. The second kappa shape index (κ2) is 4.37. The van der Waals surface area contributed by atoms with Gasteiger partial charge in [0.1, 0.15) is 5.15 Å². The van der Waals surface area contributed by atoms with E-state index in [0.717, 1.165) is 6.07 Å². The van der Waals surface area contributed by atoms with Gasteiger partial charge in [-0.2, -0.15) is 13.2 Å².